The van der Waals surface area contributed by atoms with Gasteiger partial charge in [0, 0.05) is 28.5 Å². The molecule has 0 amide bonds. The Morgan fingerprint density at radius 3 is 2.23 bits per heavy atom. The highest BCUT2D eigenvalue weighted by atomic mass is 16.2. The van der Waals surface area contributed by atoms with E-state index in [4.69, 9.17) is 0 Å². The van der Waals surface area contributed by atoms with Gasteiger partial charge < -0.3 is 10.4 Å². The Labute approximate surface area is 282 Å². The van der Waals surface area contributed by atoms with Gasteiger partial charge >= 0.3 is 0 Å². The van der Waals surface area contributed by atoms with E-state index in [1.165, 1.54) is 17.4 Å². The molecule has 0 fully saturated rings. The first kappa shape index (κ1) is 34.6. The highest BCUT2D eigenvalue weighted by molar-refractivity contribution is 5.85. The maximum absolute atomic E-state index is 10.8. The van der Waals surface area contributed by atoms with Crippen molar-refractivity contribution < 1.29 is 5.11 Å². The van der Waals surface area contributed by atoms with Gasteiger partial charge in [-0.15, -0.1) is 5.73 Å². The molecule has 1 unspecified atom stereocenters. The molecule has 2 aromatic rings. The summed E-state index contributed by atoms with van der Waals surface area (Å²) in [5, 5.41) is 14.3. The van der Waals surface area contributed by atoms with Crippen molar-refractivity contribution in [1.29, 1.82) is 0 Å². The molecule has 0 saturated carbocycles. The van der Waals surface area contributed by atoms with E-state index in [2.05, 4.69) is 128 Å². The van der Waals surface area contributed by atoms with E-state index in [1.807, 2.05) is 68.6 Å². The molecule has 0 saturated heterocycles. The molecule has 0 heterocycles. The first-order valence-electron chi connectivity index (χ1n) is 16.5. The molecule has 0 aromatic heterocycles. The number of aliphatic hydroxyl groups excluding tert-OH is 1. The quantitative estimate of drug-likeness (QED) is 0.133. The van der Waals surface area contributed by atoms with Crippen molar-refractivity contribution in [3.8, 4) is 0 Å². The zero-order valence-electron chi connectivity index (χ0n) is 28.2. The molecule has 0 aliphatic heterocycles. The van der Waals surface area contributed by atoms with E-state index in [9.17, 15) is 5.11 Å². The average Bonchev–Trinajstić information content (AvgIpc) is 3.58. The maximum atomic E-state index is 10.8. The predicted octanol–water partition coefficient (Wildman–Crippen LogP) is 12.0. The largest absolute Gasteiger partial charge is 0.515 e. The fourth-order valence-corrected chi connectivity index (χ4v) is 6.15. The number of allylic oxidation sites excluding steroid dienone is 20. The van der Waals surface area contributed by atoms with E-state index in [0.29, 0.717) is 6.42 Å². The van der Waals surface area contributed by atoms with E-state index >= 15 is 0 Å². The van der Waals surface area contributed by atoms with Gasteiger partial charge in [-0.25, -0.2) is 0 Å². The van der Waals surface area contributed by atoms with Gasteiger partial charge in [0.25, 0.3) is 0 Å². The van der Waals surface area contributed by atoms with Crippen LogP contribution in [-0.4, -0.2) is 5.11 Å². The van der Waals surface area contributed by atoms with Crippen molar-refractivity contribution in [3.63, 3.8) is 0 Å². The van der Waals surface area contributed by atoms with Crippen molar-refractivity contribution in [2.45, 2.75) is 47.0 Å². The highest BCUT2D eigenvalue weighted by Gasteiger charge is 2.38. The Balaban J connectivity index is 1.83. The first-order chi connectivity index (χ1) is 23.1. The molecule has 1 atom stereocenters. The molecule has 2 heteroatoms. The van der Waals surface area contributed by atoms with Crippen LogP contribution >= 0.6 is 0 Å². The van der Waals surface area contributed by atoms with Gasteiger partial charge in [-0.2, -0.15) is 0 Å². The topological polar surface area (TPSA) is 32.3 Å². The molecule has 2 N–H and O–H groups in total. The van der Waals surface area contributed by atoms with Crippen molar-refractivity contribution in [2.75, 3.05) is 0 Å². The van der Waals surface area contributed by atoms with Gasteiger partial charge in [0.1, 0.15) is 0 Å². The molecular formula is C45H47NO. The Morgan fingerprint density at radius 1 is 0.851 bits per heavy atom. The molecule has 0 bridgehead atoms. The minimum Gasteiger partial charge on any atom is -0.515 e. The van der Waals surface area contributed by atoms with Gasteiger partial charge in [0.15, 0.2) is 0 Å². The van der Waals surface area contributed by atoms with Gasteiger partial charge in [-0.3, -0.25) is 0 Å². The van der Waals surface area contributed by atoms with Crippen LogP contribution < -0.4 is 5.32 Å². The summed E-state index contributed by atoms with van der Waals surface area (Å²) in [7, 11) is 0. The molecule has 2 aliphatic rings. The van der Waals surface area contributed by atoms with Crippen molar-refractivity contribution >= 4 is 11.1 Å². The van der Waals surface area contributed by atoms with Gasteiger partial charge in [0.05, 0.1) is 6.26 Å². The summed E-state index contributed by atoms with van der Waals surface area (Å²) in [6, 6.07) is 21.1. The third kappa shape index (κ3) is 8.70. The first-order valence-corrected chi connectivity index (χ1v) is 16.5. The maximum Gasteiger partial charge on any atom is 0.0832 e. The summed E-state index contributed by atoms with van der Waals surface area (Å²) in [5.74, 6) is 0. The number of benzene rings is 2. The lowest BCUT2D eigenvalue weighted by molar-refractivity contribution is 0.410. The second-order valence-electron chi connectivity index (χ2n) is 11.4. The third-order valence-electron chi connectivity index (χ3n) is 8.53. The second-order valence-corrected chi connectivity index (χ2v) is 11.4. The van der Waals surface area contributed by atoms with E-state index in [1.54, 1.807) is 0 Å². The van der Waals surface area contributed by atoms with Crippen LogP contribution in [0.15, 0.2) is 198 Å². The van der Waals surface area contributed by atoms with Crippen LogP contribution in [-0.2, 0) is 0 Å². The molecule has 2 aromatic carbocycles. The van der Waals surface area contributed by atoms with E-state index in [0.717, 1.165) is 52.0 Å². The summed E-state index contributed by atoms with van der Waals surface area (Å²) in [6.45, 7) is 8.34. The summed E-state index contributed by atoms with van der Waals surface area (Å²) in [5.41, 5.74) is 12.9. The van der Waals surface area contributed by atoms with E-state index in [-0.39, 0.29) is 0 Å². The minimum absolute atomic E-state index is 0.508. The normalized spacial score (nSPS) is 21.2. The van der Waals surface area contributed by atoms with Crippen molar-refractivity contribution in [1.82, 2.24) is 5.32 Å². The van der Waals surface area contributed by atoms with Gasteiger partial charge in [-0.05, 0) is 104 Å². The number of nitrogens with one attached hydrogen (secondary N) is 1. The molecule has 4 rings (SSSR count). The smallest absolute Gasteiger partial charge is 0.0832 e. The van der Waals surface area contributed by atoms with E-state index < -0.39 is 5.41 Å². The second kappa shape index (κ2) is 18.0. The van der Waals surface area contributed by atoms with Crippen LogP contribution in [0.3, 0.4) is 0 Å². The van der Waals surface area contributed by atoms with Crippen LogP contribution in [0.1, 0.15) is 58.1 Å². The molecule has 47 heavy (non-hydrogen) atoms. The molecule has 2 nitrogen and oxygen atoms in total. The number of fused-ring (bicyclic) bond motifs is 1. The fourth-order valence-electron chi connectivity index (χ4n) is 6.15. The molecule has 0 radical (unpaired) electrons. The molecule has 2 aliphatic carbocycles. The number of rotatable bonds is 13. The number of hydrogen-bond donors (Lipinski definition) is 2. The number of hydrogen-bond acceptors (Lipinski definition) is 2. The Morgan fingerprint density at radius 2 is 1.57 bits per heavy atom. The lowest BCUT2D eigenvalue weighted by Crippen LogP contribution is -2.26. The molecule has 238 valence electrons. The third-order valence-corrected chi connectivity index (χ3v) is 8.53. The lowest BCUT2D eigenvalue weighted by atomic mass is 9.66. The lowest BCUT2D eigenvalue weighted by Gasteiger charge is -2.36. The monoisotopic (exact) mass is 617 g/mol. The van der Waals surface area contributed by atoms with Gasteiger partial charge in [0.2, 0.25) is 0 Å². The summed E-state index contributed by atoms with van der Waals surface area (Å²) in [6.07, 6.45) is 37.1. The average molecular weight is 618 g/mol. The molecule has 0 spiro atoms. The van der Waals surface area contributed by atoms with Crippen LogP contribution in [0.4, 0.5) is 0 Å². The Hall–Kier alpha value is -5.30. The minimum atomic E-state index is -0.508. The Kier molecular flexibility index (Phi) is 13.2. The predicted molar refractivity (Wildman–Crippen MR) is 203 cm³/mol. The SMILES string of the molecule is C/C=C\C=C/NC(/C=C\C)=C(C(/C=C\CC1(C/C=C(\CC)c2ccccc2)C2=CC=C=C2\C=C/C=C\C1=C\O)=C/C)\c1ccccc1. The zero-order valence-corrected chi connectivity index (χ0v) is 28.2. The summed E-state index contributed by atoms with van der Waals surface area (Å²) >= 11 is 0. The van der Waals surface area contributed by atoms with Crippen molar-refractivity contribution in [2.24, 2.45) is 5.41 Å². The summed E-state index contributed by atoms with van der Waals surface area (Å²) in [4.78, 5) is 0. The standard InChI is InChI=1S/C45H47NO/c1-5-9-18-34-46-43(21-6-2)44(40-25-14-11-15-26-40)37(8-4)28-20-32-45(33-31-36(7-3)38-22-12-10-13-23-38)41(35-47)29-17-16-24-39-27-19-30-42(39)45/h5-6,8-26,28-31,34-35,46-47H,7,32-33H2,1-4H3/b9-5-,21-6-,24-16-,28-20-,29-17-,34-18-,36-31+,37-8+,41-35-,44-43-. The van der Waals surface area contributed by atoms with Crippen LogP contribution in [0.2, 0.25) is 0 Å². The van der Waals surface area contributed by atoms with Gasteiger partial charge in [-0.1, -0.05) is 128 Å². The zero-order chi connectivity index (χ0) is 33.3. The molecular weight excluding hydrogens is 571 g/mol. The van der Waals surface area contributed by atoms with Crippen LogP contribution in [0.25, 0.3) is 11.1 Å². The fraction of sp³-hybridized carbons (Fsp3) is 0.178. The van der Waals surface area contributed by atoms with Crippen LogP contribution in [0, 0.1) is 5.41 Å². The van der Waals surface area contributed by atoms with Crippen molar-refractivity contribution in [3.05, 3.63) is 209 Å². The highest BCUT2D eigenvalue weighted by Crippen LogP contribution is 2.49. The van der Waals surface area contributed by atoms with Crippen LogP contribution in [0.5, 0.6) is 0 Å². The summed E-state index contributed by atoms with van der Waals surface area (Å²) < 4.78 is 0. The Bertz CT molecular complexity index is 1770. The number of aliphatic hydroxyl groups is 1.